The topological polar surface area (TPSA) is 80.2 Å². The van der Waals surface area contributed by atoms with E-state index in [1.807, 2.05) is 29.8 Å². The van der Waals surface area contributed by atoms with Gasteiger partial charge >= 0.3 is 0 Å². The monoisotopic (exact) mass is 442 g/mol. The Balaban J connectivity index is 1.58. The van der Waals surface area contributed by atoms with Crippen LogP contribution in [-0.2, 0) is 0 Å². The van der Waals surface area contributed by atoms with Crippen molar-refractivity contribution in [2.24, 2.45) is 0 Å². The molecule has 1 aliphatic rings. The van der Waals surface area contributed by atoms with Crippen LogP contribution in [0.25, 0.3) is 21.1 Å². The standard InChI is InChI=1S/C19H15BrN4O2S/c20-10-5-13-18(16(6-10)26-15-4-3-14(15)25)19(22-8-21-13)24-11-1-2-12-17(7-11)27-9-23-12/h1-2,5-9,14-15,25H,3-4H2,(H,21,22,24). The van der Waals surface area contributed by atoms with Gasteiger partial charge in [-0.15, -0.1) is 11.3 Å². The number of hydrogen-bond acceptors (Lipinski definition) is 7. The van der Waals surface area contributed by atoms with Gasteiger partial charge in [-0.3, -0.25) is 0 Å². The first-order valence-corrected chi connectivity index (χ1v) is 10.2. The molecule has 0 saturated heterocycles. The highest BCUT2D eigenvalue weighted by molar-refractivity contribution is 9.10. The van der Waals surface area contributed by atoms with Gasteiger partial charge in [-0.1, -0.05) is 15.9 Å². The van der Waals surface area contributed by atoms with Crippen molar-refractivity contribution >= 4 is 59.9 Å². The first-order chi connectivity index (χ1) is 13.2. The van der Waals surface area contributed by atoms with Crippen LogP contribution in [0.3, 0.4) is 0 Å². The fraction of sp³-hybridized carbons (Fsp3) is 0.211. The number of thiazole rings is 1. The van der Waals surface area contributed by atoms with E-state index in [9.17, 15) is 5.11 Å². The van der Waals surface area contributed by atoms with Crippen molar-refractivity contribution < 1.29 is 9.84 Å². The highest BCUT2D eigenvalue weighted by Crippen LogP contribution is 2.37. The molecule has 0 aliphatic heterocycles. The molecule has 0 bridgehead atoms. The first-order valence-electron chi connectivity index (χ1n) is 8.56. The molecule has 136 valence electrons. The summed E-state index contributed by atoms with van der Waals surface area (Å²) < 4.78 is 8.06. The smallest absolute Gasteiger partial charge is 0.145 e. The zero-order valence-corrected chi connectivity index (χ0v) is 16.5. The minimum Gasteiger partial charge on any atom is -0.487 e. The van der Waals surface area contributed by atoms with Crippen molar-refractivity contribution in [1.82, 2.24) is 15.0 Å². The second kappa shape index (κ2) is 6.70. The molecular formula is C19H15BrN4O2S. The van der Waals surface area contributed by atoms with E-state index >= 15 is 0 Å². The molecule has 0 radical (unpaired) electrons. The van der Waals surface area contributed by atoms with Crippen LogP contribution in [0.1, 0.15) is 12.8 Å². The largest absolute Gasteiger partial charge is 0.487 e. The molecule has 5 rings (SSSR count). The third kappa shape index (κ3) is 3.13. The lowest BCUT2D eigenvalue weighted by atomic mass is 9.92. The lowest BCUT2D eigenvalue weighted by Gasteiger charge is -2.33. The number of anilines is 2. The van der Waals surface area contributed by atoms with Crippen LogP contribution < -0.4 is 10.1 Å². The number of halogens is 1. The highest BCUT2D eigenvalue weighted by Gasteiger charge is 2.31. The Morgan fingerprint density at radius 3 is 2.85 bits per heavy atom. The third-order valence-electron chi connectivity index (χ3n) is 4.72. The Morgan fingerprint density at radius 2 is 2.04 bits per heavy atom. The molecule has 2 aromatic carbocycles. The summed E-state index contributed by atoms with van der Waals surface area (Å²) in [6, 6.07) is 9.84. The summed E-state index contributed by atoms with van der Waals surface area (Å²) in [7, 11) is 0. The van der Waals surface area contributed by atoms with Crippen molar-refractivity contribution in [1.29, 1.82) is 0 Å². The van der Waals surface area contributed by atoms with E-state index in [1.54, 1.807) is 11.3 Å². The Hall–Kier alpha value is -2.29. The maximum atomic E-state index is 9.91. The zero-order chi connectivity index (χ0) is 18.4. The Kier molecular flexibility index (Phi) is 4.18. The number of nitrogens with one attached hydrogen (secondary N) is 1. The summed E-state index contributed by atoms with van der Waals surface area (Å²) in [4.78, 5) is 13.1. The Bertz CT molecular complexity index is 1150. The van der Waals surface area contributed by atoms with Gasteiger partial charge in [-0.05, 0) is 43.2 Å². The molecule has 1 fully saturated rings. The highest BCUT2D eigenvalue weighted by atomic mass is 79.9. The van der Waals surface area contributed by atoms with Crippen LogP contribution in [-0.4, -0.2) is 32.3 Å². The van der Waals surface area contributed by atoms with Crippen LogP contribution >= 0.6 is 27.3 Å². The van der Waals surface area contributed by atoms with Gasteiger partial charge in [-0.25, -0.2) is 15.0 Å². The van der Waals surface area contributed by atoms with Gasteiger partial charge in [-0.2, -0.15) is 0 Å². The number of nitrogens with zero attached hydrogens (tertiary/aromatic N) is 3. The number of hydrogen-bond donors (Lipinski definition) is 2. The van der Waals surface area contributed by atoms with Gasteiger partial charge in [0.15, 0.2) is 0 Å². The molecule has 6 nitrogen and oxygen atoms in total. The van der Waals surface area contributed by atoms with E-state index in [2.05, 4.69) is 42.3 Å². The number of fused-ring (bicyclic) bond motifs is 2. The van der Waals surface area contributed by atoms with E-state index in [0.29, 0.717) is 11.6 Å². The maximum Gasteiger partial charge on any atom is 0.145 e. The predicted molar refractivity (Wildman–Crippen MR) is 110 cm³/mol. The number of aliphatic hydroxyl groups excluding tert-OH is 1. The molecule has 0 amide bonds. The molecule has 2 N–H and O–H groups in total. The second-order valence-corrected chi connectivity index (χ2v) is 8.28. The summed E-state index contributed by atoms with van der Waals surface area (Å²) in [5.74, 6) is 1.32. The van der Waals surface area contributed by atoms with Gasteiger partial charge in [0.2, 0.25) is 0 Å². The number of rotatable bonds is 4. The molecule has 2 unspecified atom stereocenters. The van der Waals surface area contributed by atoms with Crippen molar-refractivity contribution in [2.45, 2.75) is 25.0 Å². The number of benzene rings is 2. The molecule has 2 aromatic heterocycles. The number of aliphatic hydroxyl groups is 1. The van der Waals surface area contributed by atoms with Crippen molar-refractivity contribution in [3.8, 4) is 5.75 Å². The summed E-state index contributed by atoms with van der Waals surface area (Å²) in [5.41, 5.74) is 4.50. The molecule has 27 heavy (non-hydrogen) atoms. The van der Waals surface area contributed by atoms with Gasteiger partial charge < -0.3 is 15.2 Å². The average molecular weight is 443 g/mol. The van der Waals surface area contributed by atoms with E-state index in [-0.39, 0.29) is 6.10 Å². The summed E-state index contributed by atoms with van der Waals surface area (Å²) in [6.45, 7) is 0. The van der Waals surface area contributed by atoms with E-state index < -0.39 is 6.10 Å². The van der Waals surface area contributed by atoms with Gasteiger partial charge in [0.25, 0.3) is 0 Å². The molecule has 2 heterocycles. The van der Waals surface area contributed by atoms with Crippen LogP contribution in [0.4, 0.5) is 11.5 Å². The molecule has 1 saturated carbocycles. The van der Waals surface area contributed by atoms with Crippen LogP contribution in [0.5, 0.6) is 5.75 Å². The maximum absolute atomic E-state index is 9.91. The third-order valence-corrected chi connectivity index (χ3v) is 5.96. The minimum atomic E-state index is -0.422. The fourth-order valence-electron chi connectivity index (χ4n) is 3.13. The van der Waals surface area contributed by atoms with Crippen LogP contribution in [0, 0.1) is 0 Å². The summed E-state index contributed by atoms with van der Waals surface area (Å²) in [6.07, 6.45) is 2.53. The van der Waals surface area contributed by atoms with Crippen molar-refractivity contribution in [3.05, 3.63) is 46.6 Å². The fourth-order valence-corrected chi connectivity index (χ4v) is 4.27. The molecule has 1 aliphatic carbocycles. The van der Waals surface area contributed by atoms with E-state index in [1.165, 1.54) is 6.33 Å². The van der Waals surface area contributed by atoms with E-state index in [4.69, 9.17) is 4.74 Å². The Morgan fingerprint density at radius 1 is 1.11 bits per heavy atom. The number of aromatic nitrogens is 3. The lowest BCUT2D eigenvalue weighted by Crippen LogP contribution is -2.41. The van der Waals surface area contributed by atoms with Crippen molar-refractivity contribution in [3.63, 3.8) is 0 Å². The second-order valence-electron chi connectivity index (χ2n) is 6.48. The first kappa shape index (κ1) is 16.9. The molecule has 2 atom stereocenters. The Labute approximate surface area is 167 Å². The van der Waals surface area contributed by atoms with E-state index in [0.717, 1.165) is 44.1 Å². The molecule has 0 spiro atoms. The predicted octanol–water partition coefficient (Wildman–Crippen LogP) is 4.65. The van der Waals surface area contributed by atoms with Gasteiger partial charge in [0.1, 0.15) is 24.0 Å². The molecular weight excluding hydrogens is 428 g/mol. The van der Waals surface area contributed by atoms with Crippen LogP contribution in [0.15, 0.2) is 46.6 Å². The molecule has 4 aromatic rings. The van der Waals surface area contributed by atoms with Crippen molar-refractivity contribution in [2.75, 3.05) is 5.32 Å². The average Bonchev–Trinajstić information content (AvgIpc) is 3.12. The quantitative estimate of drug-likeness (QED) is 0.478. The molecule has 8 heteroatoms. The summed E-state index contributed by atoms with van der Waals surface area (Å²) >= 11 is 5.11. The lowest BCUT2D eigenvalue weighted by molar-refractivity contribution is -0.0354. The normalized spacial score (nSPS) is 19.2. The number of ether oxygens (including phenoxy) is 1. The SMILES string of the molecule is OC1CCC1Oc1cc(Br)cc2ncnc(Nc3ccc4ncsc4c3)c12. The van der Waals surface area contributed by atoms with Gasteiger partial charge in [0, 0.05) is 10.2 Å². The van der Waals surface area contributed by atoms with Gasteiger partial charge in [0.05, 0.1) is 32.7 Å². The zero-order valence-electron chi connectivity index (χ0n) is 14.1. The van der Waals surface area contributed by atoms with Crippen LogP contribution in [0.2, 0.25) is 0 Å². The summed E-state index contributed by atoms with van der Waals surface area (Å²) in [5, 5.41) is 14.1. The minimum absolute atomic E-state index is 0.191.